The van der Waals surface area contributed by atoms with Crippen molar-refractivity contribution < 1.29 is 0 Å². The van der Waals surface area contributed by atoms with Gasteiger partial charge in [-0.3, -0.25) is 0 Å². The van der Waals surface area contributed by atoms with Crippen molar-refractivity contribution >= 4 is 0 Å². The minimum Gasteiger partial charge on any atom is -0.314 e. The zero-order valence-corrected chi connectivity index (χ0v) is 9.67. The Morgan fingerprint density at radius 1 is 0.667 bits per heavy atom. The Labute approximate surface area is 93.2 Å². The molecule has 0 spiro atoms. The maximum Gasteiger partial charge on any atom is 0.0111 e. The van der Waals surface area contributed by atoms with Gasteiger partial charge in [0.05, 0.1) is 0 Å². The monoisotopic (exact) mass is 208 g/mol. The molecular formula is C13H24N2. The zero-order valence-electron chi connectivity index (χ0n) is 9.67. The Kier molecular flexibility index (Phi) is 2.98. The average molecular weight is 208 g/mol. The minimum atomic E-state index is 0.833. The summed E-state index contributed by atoms with van der Waals surface area (Å²) in [6, 6.07) is 1.70. The van der Waals surface area contributed by atoms with Gasteiger partial charge in [0.25, 0.3) is 0 Å². The van der Waals surface area contributed by atoms with Gasteiger partial charge in [0, 0.05) is 18.6 Å². The van der Waals surface area contributed by atoms with Crippen LogP contribution in [0.15, 0.2) is 0 Å². The van der Waals surface area contributed by atoms with E-state index in [0.717, 1.165) is 23.9 Å². The van der Waals surface area contributed by atoms with Crippen LogP contribution in [0.2, 0.25) is 0 Å². The molecule has 2 aliphatic heterocycles. The van der Waals surface area contributed by atoms with Crippen LogP contribution in [0.25, 0.3) is 0 Å². The fraction of sp³-hybridized carbons (Fsp3) is 1.00. The summed E-state index contributed by atoms with van der Waals surface area (Å²) in [5.74, 6) is 1.94. The summed E-state index contributed by atoms with van der Waals surface area (Å²) in [7, 11) is 0. The molecule has 3 rings (SSSR count). The fourth-order valence-corrected chi connectivity index (χ4v) is 4.05. The van der Waals surface area contributed by atoms with Crippen LogP contribution >= 0.6 is 0 Å². The minimum absolute atomic E-state index is 0.833. The van der Waals surface area contributed by atoms with Crippen LogP contribution in [0.4, 0.5) is 0 Å². The van der Waals surface area contributed by atoms with Crippen LogP contribution in [0.3, 0.4) is 0 Å². The van der Waals surface area contributed by atoms with Crippen molar-refractivity contribution in [1.29, 1.82) is 0 Å². The van der Waals surface area contributed by atoms with Crippen LogP contribution in [-0.2, 0) is 0 Å². The smallest absolute Gasteiger partial charge is 0.0111 e. The van der Waals surface area contributed by atoms with Crippen molar-refractivity contribution in [1.82, 2.24) is 10.6 Å². The van der Waals surface area contributed by atoms with Gasteiger partial charge in [-0.2, -0.15) is 0 Å². The predicted molar refractivity (Wildman–Crippen MR) is 62.9 cm³/mol. The first-order valence-corrected chi connectivity index (χ1v) is 6.92. The third kappa shape index (κ3) is 1.94. The summed E-state index contributed by atoms with van der Waals surface area (Å²) in [5.41, 5.74) is 0. The van der Waals surface area contributed by atoms with Crippen molar-refractivity contribution in [3.63, 3.8) is 0 Å². The van der Waals surface area contributed by atoms with E-state index < -0.39 is 0 Å². The first kappa shape index (κ1) is 10.1. The van der Waals surface area contributed by atoms with Crippen molar-refractivity contribution in [3.8, 4) is 0 Å². The van der Waals surface area contributed by atoms with Gasteiger partial charge in [-0.25, -0.2) is 0 Å². The summed E-state index contributed by atoms with van der Waals surface area (Å²) in [6.45, 7) is 2.55. The third-order valence-corrected chi connectivity index (χ3v) is 4.85. The van der Waals surface area contributed by atoms with E-state index in [-0.39, 0.29) is 0 Å². The van der Waals surface area contributed by atoms with E-state index in [2.05, 4.69) is 10.6 Å². The maximum absolute atomic E-state index is 3.77. The van der Waals surface area contributed by atoms with Gasteiger partial charge in [0.2, 0.25) is 0 Å². The van der Waals surface area contributed by atoms with Crippen LogP contribution in [0.5, 0.6) is 0 Å². The Bertz CT molecular complexity index is 211. The number of fused-ring (bicyclic) bond motifs is 1. The molecule has 2 heteroatoms. The van der Waals surface area contributed by atoms with E-state index >= 15 is 0 Å². The van der Waals surface area contributed by atoms with Crippen LogP contribution < -0.4 is 10.6 Å². The Morgan fingerprint density at radius 2 is 1.40 bits per heavy atom. The summed E-state index contributed by atoms with van der Waals surface area (Å²) in [6.07, 6.45) is 10.1. The molecule has 86 valence electrons. The molecule has 15 heavy (non-hydrogen) atoms. The van der Waals surface area contributed by atoms with Crippen molar-refractivity contribution in [2.75, 3.05) is 13.1 Å². The van der Waals surface area contributed by atoms with Crippen LogP contribution in [0, 0.1) is 11.8 Å². The average Bonchev–Trinajstić information content (AvgIpc) is 2.74. The summed E-state index contributed by atoms with van der Waals surface area (Å²) in [4.78, 5) is 0. The Morgan fingerprint density at radius 3 is 2.20 bits per heavy atom. The second-order valence-corrected chi connectivity index (χ2v) is 5.68. The fourth-order valence-electron chi connectivity index (χ4n) is 4.05. The molecule has 3 aliphatic rings. The van der Waals surface area contributed by atoms with Crippen LogP contribution in [0.1, 0.15) is 44.9 Å². The molecule has 0 aromatic carbocycles. The highest BCUT2D eigenvalue weighted by atomic mass is 15.0. The first-order chi connectivity index (χ1) is 7.45. The lowest BCUT2D eigenvalue weighted by molar-refractivity contribution is 0.208. The highest BCUT2D eigenvalue weighted by molar-refractivity contribution is 4.98. The number of rotatable bonds is 1. The Balaban J connectivity index is 1.65. The second kappa shape index (κ2) is 4.42. The lowest BCUT2D eigenvalue weighted by Gasteiger charge is -2.35. The standard InChI is InChI=1S/C13H24N2/c1-2-6-12-10(5-1)11(9-15-12)13-7-3-4-8-14-13/h10-15H,1-9H2. The SMILES string of the molecule is C1CCC(C2CNC3CCCCC32)NC1. The predicted octanol–water partition coefficient (Wildman–Crippen LogP) is 1.91. The van der Waals surface area contributed by atoms with Crippen molar-refractivity contribution in [2.45, 2.75) is 57.0 Å². The van der Waals surface area contributed by atoms with Crippen molar-refractivity contribution in [3.05, 3.63) is 0 Å². The number of hydrogen-bond acceptors (Lipinski definition) is 2. The van der Waals surface area contributed by atoms with E-state index in [1.54, 1.807) is 0 Å². The molecule has 2 nitrogen and oxygen atoms in total. The first-order valence-electron chi connectivity index (χ1n) is 6.92. The molecule has 2 saturated heterocycles. The molecule has 2 heterocycles. The second-order valence-electron chi connectivity index (χ2n) is 5.68. The molecule has 0 radical (unpaired) electrons. The number of hydrogen-bond donors (Lipinski definition) is 2. The molecule has 0 bridgehead atoms. The lowest BCUT2D eigenvalue weighted by Crippen LogP contribution is -2.43. The Hall–Kier alpha value is -0.0800. The van der Waals surface area contributed by atoms with Crippen molar-refractivity contribution in [2.24, 2.45) is 11.8 Å². The van der Waals surface area contributed by atoms with E-state index in [1.807, 2.05) is 0 Å². The van der Waals surface area contributed by atoms with E-state index in [1.165, 1.54) is 58.0 Å². The topological polar surface area (TPSA) is 24.1 Å². The summed E-state index contributed by atoms with van der Waals surface area (Å²) < 4.78 is 0. The number of piperidine rings is 1. The van der Waals surface area contributed by atoms with E-state index in [0.29, 0.717) is 0 Å². The third-order valence-electron chi connectivity index (χ3n) is 4.85. The zero-order chi connectivity index (χ0) is 10.1. The van der Waals surface area contributed by atoms with Gasteiger partial charge in [0.15, 0.2) is 0 Å². The largest absolute Gasteiger partial charge is 0.314 e. The molecule has 3 fully saturated rings. The molecule has 1 saturated carbocycles. The van der Waals surface area contributed by atoms with Gasteiger partial charge in [-0.1, -0.05) is 19.3 Å². The number of nitrogens with one attached hydrogen (secondary N) is 2. The molecule has 0 aromatic rings. The van der Waals surface area contributed by atoms with E-state index in [9.17, 15) is 0 Å². The van der Waals surface area contributed by atoms with Gasteiger partial charge in [-0.05, 0) is 44.1 Å². The molecule has 4 atom stereocenters. The summed E-state index contributed by atoms with van der Waals surface area (Å²) in [5, 5.41) is 7.52. The van der Waals surface area contributed by atoms with Crippen LogP contribution in [-0.4, -0.2) is 25.2 Å². The summed E-state index contributed by atoms with van der Waals surface area (Å²) >= 11 is 0. The quantitative estimate of drug-likeness (QED) is 0.688. The van der Waals surface area contributed by atoms with Gasteiger partial charge >= 0.3 is 0 Å². The molecule has 1 aliphatic carbocycles. The van der Waals surface area contributed by atoms with Gasteiger partial charge < -0.3 is 10.6 Å². The molecule has 0 aromatic heterocycles. The van der Waals surface area contributed by atoms with Gasteiger partial charge in [-0.15, -0.1) is 0 Å². The molecular weight excluding hydrogens is 184 g/mol. The molecule has 0 amide bonds. The lowest BCUT2D eigenvalue weighted by atomic mass is 9.75. The highest BCUT2D eigenvalue weighted by Crippen LogP contribution is 2.37. The molecule has 2 N–H and O–H groups in total. The highest BCUT2D eigenvalue weighted by Gasteiger charge is 2.40. The normalized spacial score (nSPS) is 46.4. The maximum atomic E-state index is 3.77. The van der Waals surface area contributed by atoms with Gasteiger partial charge in [0.1, 0.15) is 0 Å². The van der Waals surface area contributed by atoms with E-state index in [4.69, 9.17) is 0 Å². The molecule has 4 unspecified atom stereocenters.